The molecular formula is C21H23F2N2O10S2+. The van der Waals surface area contributed by atoms with Crippen LogP contribution < -0.4 is 8.75 Å². The van der Waals surface area contributed by atoms with Crippen LogP contribution in [0.15, 0.2) is 60.9 Å². The number of ketones is 2. The van der Waals surface area contributed by atoms with Crippen LogP contribution in [0.5, 0.6) is 11.5 Å². The first-order chi connectivity index (χ1) is 17.1. The Labute approximate surface area is 211 Å². The Morgan fingerprint density at radius 3 is 1.62 bits per heavy atom. The van der Waals surface area contributed by atoms with Gasteiger partial charge in [-0.15, -0.1) is 0 Å². The molecule has 0 unspecified atom stereocenters. The molecule has 0 spiro atoms. The topological polar surface area (TPSA) is 181 Å². The van der Waals surface area contributed by atoms with E-state index in [0.717, 1.165) is 18.3 Å². The smallest absolute Gasteiger partial charge is 0.488 e. The van der Waals surface area contributed by atoms with Crippen molar-refractivity contribution >= 4 is 32.5 Å². The van der Waals surface area contributed by atoms with Crippen molar-refractivity contribution < 1.29 is 58.3 Å². The molecule has 0 fully saturated rings. The molecule has 0 bridgehead atoms. The highest BCUT2D eigenvalue weighted by Gasteiger charge is 2.22. The number of hydrogen-bond donors (Lipinski definition) is 3. The van der Waals surface area contributed by atoms with Gasteiger partial charge in [-0.3, -0.25) is 9.59 Å². The lowest BCUT2D eigenvalue weighted by Gasteiger charge is -2.00. The summed E-state index contributed by atoms with van der Waals surface area (Å²) in [4.78, 5) is 21.7. The van der Waals surface area contributed by atoms with Gasteiger partial charge in [0.15, 0.2) is 11.6 Å². The number of aromatic hydroxyl groups is 1. The van der Waals surface area contributed by atoms with Crippen molar-refractivity contribution in [3.8, 4) is 11.5 Å². The van der Waals surface area contributed by atoms with Gasteiger partial charge in [0.2, 0.25) is 0 Å². The average molecular weight is 566 g/mol. The summed E-state index contributed by atoms with van der Waals surface area (Å²) in [6.07, 6.45) is 2.62. The zero-order valence-corrected chi connectivity index (χ0v) is 21.0. The first-order valence-corrected chi connectivity index (χ1v) is 12.5. The maximum atomic E-state index is 12.3. The van der Waals surface area contributed by atoms with Gasteiger partial charge in [-0.2, -0.15) is 16.8 Å². The fourth-order valence-electron chi connectivity index (χ4n) is 2.40. The van der Waals surface area contributed by atoms with Crippen molar-refractivity contribution in [2.45, 2.75) is 6.92 Å². The molecule has 1 heterocycles. The number of aliphatic hydroxyl groups is 2. The number of rotatable bonds is 7. The molecule has 1 aromatic heterocycles. The van der Waals surface area contributed by atoms with E-state index in [1.807, 2.05) is 0 Å². The second-order valence-corrected chi connectivity index (χ2v) is 9.07. The van der Waals surface area contributed by atoms with Crippen molar-refractivity contribution in [1.29, 1.82) is 0 Å². The molecule has 2 aromatic carbocycles. The molecule has 0 aliphatic heterocycles. The zero-order valence-electron chi connectivity index (χ0n) is 19.4. The summed E-state index contributed by atoms with van der Waals surface area (Å²) in [6.45, 7) is 0.365. The lowest BCUT2D eigenvalue weighted by molar-refractivity contribution is -0.676. The predicted octanol–water partition coefficient (Wildman–Crippen LogP) is 0.705. The van der Waals surface area contributed by atoms with E-state index < -0.39 is 39.9 Å². The van der Waals surface area contributed by atoms with Gasteiger partial charge in [0.05, 0.1) is 7.05 Å². The number of nitrogens with zero attached hydrogens (tertiary/aromatic N) is 2. The van der Waals surface area contributed by atoms with Gasteiger partial charge >= 0.3 is 20.9 Å². The third kappa shape index (κ3) is 10.8. The van der Waals surface area contributed by atoms with Crippen LogP contribution in [-0.2, 0) is 28.0 Å². The first kappa shape index (κ1) is 31.3. The third-order valence-electron chi connectivity index (χ3n) is 4.34. The van der Waals surface area contributed by atoms with Gasteiger partial charge in [-0.05, 0) is 48.5 Å². The van der Waals surface area contributed by atoms with E-state index in [1.54, 1.807) is 7.05 Å². The van der Waals surface area contributed by atoms with E-state index in [2.05, 4.69) is 4.18 Å². The molecule has 0 aliphatic carbocycles. The van der Waals surface area contributed by atoms with Crippen molar-refractivity contribution in [2.24, 2.45) is 7.05 Å². The molecule has 3 aromatic rings. The quantitative estimate of drug-likeness (QED) is 0.210. The highest BCUT2D eigenvalue weighted by Crippen LogP contribution is 2.15. The lowest BCUT2D eigenvalue weighted by atomic mass is 10.1. The highest BCUT2D eigenvalue weighted by molar-refractivity contribution is 7.84. The Balaban J connectivity index is 0.000000283. The van der Waals surface area contributed by atoms with Crippen LogP contribution in [0.25, 0.3) is 0 Å². The van der Waals surface area contributed by atoms with Crippen LogP contribution in [0.4, 0.5) is 7.77 Å². The fraction of sp³-hybridized carbons (Fsp3) is 0.190. The van der Waals surface area contributed by atoms with E-state index in [1.165, 1.54) is 54.1 Å². The molecule has 3 N–H and O–H groups in total. The lowest BCUT2D eigenvalue weighted by Crippen LogP contribution is -2.30. The highest BCUT2D eigenvalue weighted by atomic mass is 32.3. The average Bonchev–Trinajstić information content (AvgIpc) is 3.17. The van der Waals surface area contributed by atoms with Crippen LogP contribution in [0.2, 0.25) is 0 Å². The van der Waals surface area contributed by atoms with Gasteiger partial charge in [0.25, 0.3) is 5.82 Å². The van der Waals surface area contributed by atoms with E-state index in [9.17, 15) is 34.2 Å². The minimum Gasteiger partial charge on any atom is -0.508 e. The van der Waals surface area contributed by atoms with Crippen molar-refractivity contribution in [1.82, 2.24) is 3.97 Å². The van der Waals surface area contributed by atoms with Crippen molar-refractivity contribution in [3.63, 3.8) is 0 Å². The Morgan fingerprint density at radius 2 is 1.32 bits per heavy atom. The molecule has 0 saturated heterocycles. The van der Waals surface area contributed by atoms with Gasteiger partial charge < -0.3 is 19.5 Å². The molecule has 0 amide bonds. The largest absolute Gasteiger partial charge is 0.508 e. The van der Waals surface area contributed by atoms with Crippen LogP contribution in [0, 0.1) is 6.92 Å². The number of Topliss-reactive ketones (excluding diaryl/α,β-unsaturated/α-hetero) is 2. The summed E-state index contributed by atoms with van der Waals surface area (Å²) >= 11 is 0. The molecule has 12 nitrogen and oxygen atoms in total. The van der Waals surface area contributed by atoms with E-state index in [0.29, 0.717) is 15.4 Å². The molecule has 202 valence electrons. The number of aromatic nitrogens is 2. The van der Waals surface area contributed by atoms with Gasteiger partial charge in [0.1, 0.15) is 37.1 Å². The van der Waals surface area contributed by atoms with Gasteiger partial charge in [0, 0.05) is 18.1 Å². The molecular weight excluding hydrogens is 542 g/mol. The van der Waals surface area contributed by atoms with E-state index >= 15 is 0 Å². The second kappa shape index (κ2) is 13.5. The number of hydrogen-bond acceptors (Lipinski definition) is 10. The van der Waals surface area contributed by atoms with Crippen LogP contribution in [0.1, 0.15) is 26.5 Å². The summed E-state index contributed by atoms with van der Waals surface area (Å²) in [5.74, 6) is -0.673. The van der Waals surface area contributed by atoms with Crippen molar-refractivity contribution in [2.75, 3.05) is 13.2 Å². The maximum Gasteiger partial charge on any atom is 0.488 e. The Morgan fingerprint density at radius 1 is 0.892 bits per heavy atom. The minimum atomic E-state index is -5.05. The van der Waals surface area contributed by atoms with Crippen LogP contribution >= 0.6 is 0 Å². The standard InChI is InChI=1S/C8H7FO5S.C8H8O3.C5H8FN2O2S/c9-15(12,13)14-7-3-1-6(2-4-7)8(11)5-10;9-5-8(11)6-1-3-7(10)4-2-6;1-5-7(2)3-4-8(5)11(6,9)10/h1-4,10H,5H2;1-4,9-10H,5H2;3-4H,1-2H3/q;;+1. The number of benzene rings is 2. The molecule has 0 atom stereocenters. The molecule has 0 saturated carbocycles. The fourth-order valence-corrected chi connectivity index (χ4v) is 3.39. The number of carbonyl (C=O) groups is 2. The predicted molar refractivity (Wildman–Crippen MR) is 124 cm³/mol. The summed E-state index contributed by atoms with van der Waals surface area (Å²) in [7, 11) is -8.03. The molecule has 0 aliphatic rings. The number of phenols is 1. The molecule has 3 rings (SSSR count). The number of aliphatic hydroxyl groups excluding tert-OH is 2. The second-order valence-electron chi connectivity index (χ2n) is 6.90. The monoisotopic (exact) mass is 565 g/mol. The molecule has 16 heteroatoms. The van der Waals surface area contributed by atoms with E-state index in [4.69, 9.17) is 15.3 Å². The summed E-state index contributed by atoms with van der Waals surface area (Å²) in [5.41, 5.74) is 0.589. The van der Waals surface area contributed by atoms with E-state index in [-0.39, 0.29) is 22.8 Å². The Hall–Kier alpha value is -3.73. The summed E-state index contributed by atoms with van der Waals surface area (Å²) in [5, 5.41) is 25.8. The summed E-state index contributed by atoms with van der Waals surface area (Å²) in [6, 6.07) is 10.4. The minimum absolute atomic E-state index is 0.111. The normalized spacial score (nSPS) is 10.9. The van der Waals surface area contributed by atoms with Gasteiger partial charge in [-0.25, -0.2) is 4.57 Å². The number of imidazole rings is 1. The molecule has 37 heavy (non-hydrogen) atoms. The van der Waals surface area contributed by atoms with Crippen LogP contribution in [0.3, 0.4) is 0 Å². The Kier molecular flexibility index (Phi) is 11.5. The number of phenolic OH excluding ortho intramolecular Hbond substituents is 1. The molecule has 0 radical (unpaired) electrons. The zero-order chi connectivity index (χ0) is 28.4. The SMILES string of the molecule is Cc1n(S(=O)(=O)F)cc[n+]1C.O=C(CO)c1ccc(O)cc1.O=C(CO)c1ccc(OS(=O)(=O)F)cc1. The van der Waals surface area contributed by atoms with Crippen LogP contribution in [-0.4, -0.2) is 60.9 Å². The maximum absolute atomic E-state index is 12.3. The van der Waals surface area contributed by atoms with Crippen molar-refractivity contribution in [3.05, 3.63) is 77.9 Å². The van der Waals surface area contributed by atoms with Gasteiger partial charge in [-0.1, -0.05) is 11.7 Å². The third-order valence-corrected chi connectivity index (χ3v) is 5.59. The first-order valence-electron chi connectivity index (χ1n) is 9.89. The number of carbonyl (C=O) groups excluding carboxylic acids is 2. The number of halogens is 2. The Bertz CT molecular complexity index is 1420. The number of aryl methyl sites for hydroxylation is 1. The summed E-state index contributed by atoms with van der Waals surface area (Å²) < 4.78 is 71.2.